The molecule has 2 aromatic rings. The third kappa shape index (κ3) is 3.46. The van der Waals surface area contributed by atoms with Crippen LogP contribution in [0.15, 0.2) is 46.9 Å². The van der Waals surface area contributed by atoms with E-state index in [2.05, 4.69) is 88.2 Å². The summed E-state index contributed by atoms with van der Waals surface area (Å²) in [4.78, 5) is 0.368. The predicted octanol–water partition coefficient (Wildman–Crippen LogP) is 5.74. The van der Waals surface area contributed by atoms with Crippen molar-refractivity contribution in [3.63, 3.8) is 0 Å². The van der Waals surface area contributed by atoms with Gasteiger partial charge in [-0.25, -0.2) is 0 Å². The zero-order chi connectivity index (χ0) is 13.1. The van der Waals surface area contributed by atoms with E-state index >= 15 is 0 Å². The second-order valence-corrected chi connectivity index (χ2v) is 6.68. The third-order valence-electron chi connectivity index (χ3n) is 3.07. The second kappa shape index (κ2) is 6.03. The molecule has 18 heavy (non-hydrogen) atoms. The molecule has 0 fully saturated rings. The van der Waals surface area contributed by atoms with Gasteiger partial charge in [-0.1, -0.05) is 67.8 Å². The van der Waals surface area contributed by atoms with Crippen molar-refractivity contribution in [2.45, 2.75) is 25.1 Å². The summed E-state index contributed by atoms with van der Waals surface area (Å²) in [6.07, 6.45) is 1.02. The quantitative estimate of drug-likeness (QED) is 0.606. The molecular formula is C16H16Br2. The van der Waals surface area contributed by atoms with Gasteiger partial charge in [-0.05, 0) is 49.1 Å². The number of alkyl halides is 1. The van der Waals surface area contributed by atoms with Crippen LogP contribution >= 0.6 is 31.9 Å². The van der Waals surface area contributed by atoms with Gasteiger partial charge in [0.1, 0.15) is 0 Å². The molecule has 0 heterocycles. The highest BCUT2D eigenvalue weighted by Crippen LogP contribution is 2.31. The van der Waals surface area contributed by atoms with E-state index in [4.69, 9.17) is 0 Å². The summed E-state index contributed by atoms with van der Waals surface area (Å²) in [6.45, 7) is 4.29. The van der Waals surface area contributed by atoms with Gasteiger partial charge >= 0.3 is 0 Å². The number of benzene rings is 2. The minimum Gasteiger partial charge on any atom is -0.0835 e. The summed E-state index contributed by atoms with van der Waals surface area (Å²) in [6, 6.07) is 15.2. The summed E-state index contributed by atoms with van der Waals surface area (Å²) >= 11 is 7.31. The summed E-state index contributed by atoms with van der Waals surface area (Å²) in [5.74, 6) is 0. The monoisotopic (exact) mass is 366 g/mol. The molecule has 1 atom stereocenters. The van der Waals surface area contributed by atoms with Crippen LogP contribution in [-0.4, -0.2) is 0 Å². The topological polar surface area (TPSA) is 0 Å². The zero-order valence-electron chi connectivity index (χ0n) is 10.6. The molecule has 0 aromatic heterocycles. The van der Waals surface area contributed by atoms with Crippen LogP contribution in [0.3, 0.4) is 0 Å². The fraction of sp³-hybridized carbons (Fsp3) is 0.250. The number of hydrogen-bond donors (Lipinski definition) is 0. The largest absolute Gasteiger partial charge is 0.0835 e. The summed E-state index contributed by atoms with van der Waals surface area (Å²) < 4.78 is 1.14. The van der Waals surface area contributed by atoms with Crippen molar-refractivity contribution in [3.05, 3.63) is 69.2 Å². The predicted molar refractivity (Wildman–Crippen MR) is 85.4 cm³/mol. The fourth-order valence-electron chi connectivity index (χ4n) is 2.15. The molecular weight excluding hydrogens is 352 g/mol. The van der Waals surface area contributed by atoms with Gasteiger partial charge in [-0.2, -0.15) is 0 Å². The minimum absolute atomic E-state index is 0.368. The van der Waals surface area contributed by atoms with E-state index in [1.165, 1.54) is 22.3 Å². The Bertz CT molecular complexity index is 547. The van der Waals surface area contributed by atoms with Gasteiger partial charge in [0.25, 0.3) is 0 Å². The van der Waals surface area contributed by atoms with E-state index in [0.29, 0.717) is 4.83 Å². The molecule has 94 valence electrons. The van der Waals surface area contributed by atoms with Crippen molar-refractivity contribution in [1.29, 1.82) is 0 Å². The highest BCUT2D eigenvalue weighted by molar-refractivity contribution is 9.10. The number of rotatable bonds is 3. The second-order valence-electron chi connectivity index (χ2n) is 4.66. The Balaban J connectivity index is 2.19. The molecule has 0 aliphatic heterocycles. The lowest BCUT2D eigenvalue weighted by Gasteiger charge is -2.14. The van der Waals surface area contributed by atoms with E-state index in [9.17, 15) is 0 Å². The van der Waals surface area contributed by atoms with Crippen LogP contribution in [0.2, 0.25) is 0 Å². The van der Waals surface area contributed by atoms with Gasteiger partial charge in [-0.3, -0.25) is 0 Å². The van der Waals surface area contributed by atoms with E-state index in [-0.39, 0.29) is 0 Å². The summed E-state index contributed by atoms with van der Waals surface area (Å²) in [5.41, 5.74) is 5.37. The maximum Gasteiger partial charge on any atom is 0.0438 e. The number of hydrogen-bond acceptors (Lipinski definition) is 0. The Labute approximate surface area is 126 Å². The molecule has 0 amide bonds. The van der Waals surface area contributed by atoms with Crippen LogP contribution in [0.1, 0.15) is 27.1 Å². The molecule has 2 aromatic carbocycles. The first-order valence-corrected chi connectivity index (χ1v) is 7.73. The van der Waals surface area contributed by atoms with Crippen molar-refractivity contribution in [3.8, 4) is 0 Å². The van der Waals surface area contributed by atoms with Gasteiger partial charge in [0.15, 0.2) is 0 Å². The Morgan fingerprint density at radius 3 is 2.50 bits per heavy atom. The smallest absolute Gasteiger partial charge is 0.0438 e. The Kier molecular flexibility index (Phi) is 4.63. The normalized spacial score (nSPS) is 12.4. The Hall–Kier alpha value is -0.600. The average Bonchev–Trinajstić information content (AvgIpc) is 2.28. The van der Waals surface area contributed by atoms with E-state index in [1.807, 2.05) is 0 Å². The summed E-state index contributed by atoms with van der Waals surface area (Å²) in [5, 5.41) is 0. The van der Waals surface area contributed by atoms with Crippen LogP contribution in [0.25, 0.3) is 0 Å². The van der Waals surface area contributed by atoms with E-state index < -0.39 is 0 Å². The van der Waals surface area contributed by atoms with Crippen LogP contribution in [-0.2, 0) is 6.42 Å². The lowest BCUT2D eigenvalue weighted by atomic mass is 10.00. The molecule has 0 nitrogen and oxygen atoms in total. The standard InChI is InChI=1S/C16H16Br2/c1-11-4-3-5-13(8-11)10-16(18)15-7-6-14(17)9-12(15)2/h3-9,16H,10H2,1-2H3. The van der Waals surface area contributed by atoms with E-state index in [0.717, 1.165) is 10.9 Å². The highest BCUT2D eigenvalue weighted by Gasteiger charge is 2.11. The maximum atomic E-state index is 3.81. The highest BCUT2D eigenvalue weighted by atomic mass is 79.9. The van der Waals surface area contributed by atoms with Crippen molar-refractivity contribution < 1.29 is 0 Å². The van der Waals surface area contributed by atoms with E-state index in [1.54, 1.807) is 0 Å². The van der Waals surface area contributed by atoms with Crippen LogP contribution in [0.4, 0.5) is 0 Å². The molecule has 0 N–H and O–H groups in total. The summed E-state index contributed by atoms with van der Waals surface area (Å²) in [7, 11) is 0. The Morgan fingerprint density at radius 1 is 1.06 bits per heavy atom. The molecule has 0 aliphatic rings. The molecule has 0 spiro atoms. The third-order valence-corrected chi connectivity index (χ3v) is 4.38. The zero-order valence-corrected chi connectivity index (χ0v) is 13.8. The van der Waals surface area contributed by atoms with Crippen LogP contribution < -0.4 is 0 Å². The van der Waals surface area contributed by atoms with Gasteiger partial charge < -0.3 is 0 Å². The van der Waals surface area contributed by atoms with Crippen molar-refractivity contribution in [2.24, 2.45) is 0 Å². The van der Waals surface area contributed by atoms with Crippen LogP contribution in [0.5, 0.6) is 0 Å². The maximum absolute atomic E-state index is 3.81. The minimum atomic E-state index is 0.368. The van der Waals surface area contributed by atoms with Gasteiger partial charge in [-0.15, -0.1) is 0 Å². The van der Waals surface area contributed by atoms with Gasteiger partial charge in [0.2, 0.25) is 0 Å². The molecule has 0 aliphatic carbocycles. The van der Waals surface area contributed by atoms with Gasteiger partial charge in [0.05, 0.1) is 0 Å². The number of aryl methyl sites for hydroxylation is 2. The van der Waals surface area contributed by atoms with Crippen molar-refractivity contribution in [1.82, 2.24) is 0 Å². The first-order chi connectivity index (χ1) is 8.56. The molecule has 0 radical (unpaired) electrons. The van der Waals surface area contributed by atoms with Crippen LogP contribution in [0, 0.1) is 13.8 Å². The fourth-order valence-corrected chi connectivity index (χ4v) is 3.51. The average molecular weight is 368 g/mol. The molecule has 0 bridgehead atoms. The molecule has 1 unspecified atom stereocenters. The first-order valence-electron chi connectivity index (χ1n) is 6.02. The van der Waals surface area contributed by atoms with Crippen molar-refractivity contribution in [2.75, 3.05) is 0 Å². The molecule has 0 saturated heterocycles. The first kappa shape index (κ1) is 13.8. The molecule has 0 saturated carbocycles. The molecule has 2 rings (SSSR count). The SMILES string of the molecule is Cc1cccc(CC(Br)c2ccc(Br)cc2C)c1. The van der Waals surface area contributed by atoms with Gasteiger partial charge in [0, 0.05) is 9.30 Å². The lowest BCUT2D eigenvalue weighted by molar-refractivity contribution is 0.936. The molecule has 2 heteroatoms. The number of halogens is 2. The lowest BCUT2D eigenvalue weighted by Crippen LogP contribution is -1.98. The van der Waals surface area contributed by atoms with Crippen molar-refractivity contribution >= 4 is 31.9 Å². The Morgan fingerprint density at radius 2 is 1.83 bits per heavy atom.